The van der Waals surface area contributed by atoms with Gasteiger partial charge < -0.3 is 4.74 Å². The molecule has 0 atom stereocenters. The Balaban J connectivity index is 2.74. The third-order valence-electron chi connectivity index (χ3n) is 1.96. The molecule has 0 aliphatic rings. The van der Waals surface area contributed by atoms with Crippen LogP contribution in [0.1, 0.15) is 29.3 Å². The van der Waals surface area contributed by atoms with Crippen molar-refractivity contribution in [2.24, 2.45) is 0 Å². The van der Waals surface area contributed by atoms with Crippen molar-refractivity contribution in [2.75, 3.05) is 6.61 Å². The van der Waals surface area contributed by atoms with E-state index in [1.165, 1.54) is 0 Å². The lowest BCUT2D eigenvalue weighted by atomic mass is 10.1. The normalized spacial score (nSPS) is 9.33. The molecule has 15 heavy (non-hydrogen) atoms. The lowest BCUT2D eigenvalue weighted by molar-refractivity contribution is 0.0526. The molecule has 0 amide bonds. The number of hydrogen-bond donors (Lipinski definition) is 0. The van der Waals surface area contributed by atoms with Crippen LogP contribution in [-0.2, 0) is 11.2 Å². The minimum Gasteiger partial charge on any atom is -0.462 e. The fourth-order valence-corrected chi connectivity index (χ4v) is 1.27. The van der Waals surface area contributed by atoms with Crippen LogP contribution in [0.5, 0.6) is 0 Å². The Morgan fingerprint density at radius 1 is 1.53 bits per heavy atom. The Morgan fingerprint density at radius 3 is 3.00 bits per heavy atom. The molecule has 1 rings (SSSR count). The summed E-state index contributed by atoms with van der Waals surface area (Å²) < 4.78 is 4.88. The molecule has 0 radical (unpaired) electrons. The number of ether oxygens (including phenoxy) is 1. The van der Waals surface area contributed by atoms with Gasteiger partial charge in [0.1, 0.15) is 0 Å². The van der Waals surface area contributed by atoms with Crippen LogP contribution in [0.2, 0.25) is 0 Å². The summed E-state index contributed by atoms with van der Waals surface area (Å²) >= 11 is 0. The van der Waals surface area contributed by atoms with E-state index in [2.05, 4.69) is 6.07 Å². The first-order chi connectivity index (χ1) is 7.27. The Bertz CT molecular complexity index is 379. The van der Waals surface area contributed by atoms with Crippen LogP contribution in [0, 0.1) is 11.3 Å². The summed E-state index contributed by atoms with van der Waals surface area (Å²) in [6, 6.07) is 9.27. The van der Waals surface area contributed by atoms with Gasteiger partial charge in [-0.05, 0) is 31.0 Å². The number of aryl methyl sites for hydroxylation is 1. The van der Waals surface area contributed by atoms with Crippen LogP contribution >= 0.6 is 0 Å². The fraction of sp³-hybridized carbons (Fsp3) is 0.333. The Labute approximate surface area is 89.3 Å². The van der Waals surface area contributed by atoms with E-state index in [9.17, 15) is 4.79 Å². The summed E-state index contributed by atoms with van der Waals surface area (Å²) in [6.07, 6.45) is 1.13. The van der Waals surface area contributed by atoms with Crippen molar-refractivity contribution >= 4 is 5.97 Å². The average molecular weight is 203 g/mol. The number of carbonyl (C=O) groups is 1. The first-order valence-electron chi connectivity index (χ1n) is 4.91. The number of nitrogens with zero attached hydrogens (tertiary/aromatic N) is 1. The SMILES string of the molecule is CCOC(=O)c1cccc(CCC#N)c1. The molecule has 1 aromatic rings. The standard InChI is InChI=1S/C12H13NO2/c1-2-15-12(14)11-7-3-5-10(9-11)6-4-8-13/h3,5,7,9H,2,4,6H2,1H3. The van der Waals surface area contributed by atoms with Gasteiger partial charge in [0.2, 0.25) is 0 Å². The quantitative estimate of drug-likeness (QED) is 0.705. The van der Waals surface area contributed by atoms with Gasteiger partial charge in [-0.25, -0.2) is 4.79 Å². The van der Waals surface area contributed by atoms with Crippen molar-refractivity contribution in [2.45, 2.75) is 19.8 Å². The molecule has 0 saturated carbocycles. The molecule has 0 spiro atoms. The van der Waals surface area contributed by atoms with Crippen molar-refractivity contribution in [1.82, 2.24) is 0 Å². The molecule has 0 aliphatic heterocycles. The second-order valence-corrected chi connectivity index (χ2v) is 3.08. The lowest BCUT2D eigenvalue weighted by Crippen LogP contribution is -2.04. The third kappa shape index (κ3) is 3.43. The third-order valence-corrected chi connectivity index (χ3v) is 1.96. The molecular weight excluding hydrogens is 190 g/mol. The highest BCUT2D eigenvalue weighted by molar-refractivity contribution is 5.89. The predicted molar refractivity (Wildman–Crippen MR) is 56.3 cm³/mol. The van der Waals surface area contributed by atoms with Gasteiger partial charge in [-0.15, -0.1) is 0 Å². The molecule has 0 heterocycles. The van der Waals surface area contributed by atoms with Crippen LogP contribution < -0.4 is 0 Å². The molecule has 0 fully saturated rings. The molecule has 0 aliphatic carbocycles. The van der Waals surface area contributed by atoms with Crippen LogP contribution in [0.25, 0.3) is 0 Å². The van der Waals surface area contributed by atoms with Gasteiger partial charge in [0.15, 0.2) is 0 Å². The molecule has 0 bridgehead atoms. The minimum absolute atomic E-state index is 0.309. The zero-order chi connectivity index (χ0) is 11.1. The monoisotopic (exact) mass is 203 g/mol. The molecule has 3 heteroatoms. The summed E-state index contributed by atoms with van der Waals surface area (Å²) in [4.78, 5) is 11.4. The maximum atomic E-state index is 11.4. The van der Waals surface area contributed by atoms with Gasteiger partial charge >= 0.3 is 5.97 Å². The smallest absolute Gasteiger partial charge is 0.338 e. The second kappa shape index (κ2) is 5.82. The number of rotatable bonds is 4. The molecule has 78 valence electrons. The summed E-state index contributed by atoms with van der Waals surface area (Å²) in [6.45, 7) is 2.15. The molecule has 0 saturated heterocycles. The van der Waals surface area contributed by atoms with Crippen LogP contribution in [0.3, 0.4) is 0 Å². The van der Waals surface area contributed by atoms with E-state index in [1.54, 1.807) is 25.1 Å². The summed E-state index contributed by atoms with van der Waals surface area (Å²) in [5, 5.41) is 8.45. The van der Waals surface area contributed by atoms with Gasteiger partial charge in [0.25, 0.3) is 0 Å². The molecule has 3 nitrogen and oxygen atoms in total. The van der Waals surface area contributed by atoms with Gasteiger partial charge in [-0.3, -0.25) is 0 Å². The topological polar surface area (TPSA) is 50.1 Å². The Kier molecular flexibility index (Phi) is 4.36. The maximum Gasteiger partial charge on any atom is 0.338 e. The number of esters is 1. The van der Waals surface area contributed by atoms with Gasteiger partial charge in [-0.2, -0.15) is 5.26 Å². The van der Waals surface area contributed by atoms with Gasteiger partial charge in [0.05, 0.1) is 18.2 Å². The van der Waals surface area contributed by atoms with Crippen LogP contribution in [0.15, 0.2) is 24.3 Å². The Morgan fingerprint density at radius 2 is 2.33 bits per heavy atom. The van der Waals surface area contributed by atoms with Crippen molar-refractivity contribution in [3.05, 3.63) is 35.4 Å². The van der Waals surface area contributed by atoms with Gasteiger partial charge in [0, 0.05) is 6.42 Å². The van der Waals surface area contributed by atoms with Crippen molar-refractivity contribution in [3.63, 3.8) is 0 Å². The summed E-state index contributed by atoms with van der Waals surface area (Å²) in [5.41, 5.74) is 1.54. The molecule has 0 unspecified atom stereocenters. The van der Waals surface area contributed by atoms with Gasteiger partial charge in [-0.1, -0.05) is 12.1 Å². The second-order valence-electron chi connectivity index (χ2n) is 3.08. The molecular formula is C12H13NO2. The van der Waals surface area contributed by atoms with E-state index in [4.69, 9.17) is 10.00 Å². The van der Waals surface area contributed by atoms with E-state index in [1.807, 2.05) is 6.07 Å². The average Bonchev–Trinajstić information content (AvgIpc) is 2.27. The first kappa shape index (κ1) is 11.3. The van der Waals surface area contributed by atoms with Crippen molar-refractivity contribution in [3.8, 4) is 6.07 Å². The predicted octanol–water partition coefficient (Wildman–Crippen LogP) is 2.32. The minimum atomic E-state index is -0.309. The van der Waals surface area contributed by atoms with E-state index in [0.29, 0.717) is 25.0 Å². The summed E-state index contributed by atoms with van der Waals surface area (Å²) in [7, 11) is 0. The first-order valence-corrected chi connectivity index (χ1v) is 4.91. The number of nitriles is 1. The fourth-order valence-electron chi connectivity index (χ4n) is 1.27. The van der Waals surface area contributed by atoms with E-state index < -0.39 is 0 Å². The zero-order valence-corrected chi connectivity index (χ0v) is 8.69. The Hall–Kier alpha value is -1.82. The maximum absolute atomic E-state index is 11.4. The van der Waals surface area contributed by atoms with Crippen molar-refractivity contribution in [1.29, 1.82) is 5.26 Å². The summed E-state index contributed by atoms with van der Waals surface area (Å²) in [5.74, 6) is -0.309. The highest BCUT2D eigenvalue weighted by Crippen LogP contribution is 2.08. The molecule has 0 aromatic heterocycles. The highest BCUT2D eigenvalue weighted by atomic mass is 16.5. The van der Waals surface area contributed by atoms with Crippen molar-refractivity contribution < 1.29 is 9.53 Å². The molecule has 1 aromatic carbocycles. The highest BCUT2D eigenvalue weighted by Gasteiger charge is 2.06. The number of benzene rings is 1. The molecule has 0 N–H and O–H groups in total. The van der Waals surface area contributed by atoms with E-state index in [0.717, 1.165) is 5.56 Å². The van der Waals surface area contributed by atoms with Crippen LogP contribution in [0.4, 0.5) is 0 Å². The lowest BCUT2D eigenvalue weighted by Gasteiger charge is -2.03. The zero-order valence-electron chi connectivity index (χ0n) is 8.69. The number of carbonyl (C=O) groups excluding carboxylic acids is 1. The van der Waals surface area contributed by atoms with E-state index in [-0.39, 0.29) is 5.97 Å². The van der Waals surface area contributed by atoms with E-state index >= 15 is 0 Å². The number of hydrogen-bond acceptors (Lipinski definition) is 3. The van der Waals surface area contributed by atoms with Crippen LogP contribution in [-0.4, -0.2) is 12.6 Å². The largest absolute Gasteiger partial charge is 0.462 e.